The standard InChI is InChI=1S/C13H11BrN6OS/c1-2-11-17-18-13(22-11)15-12(21)10-7-20(19-16-10)9-5-3-4-8(14)6-9/h3-7H,2H2,1H3,(H,15,18,21). The average Bonchev–Trinajstić information content (AvgIpc) is 3.16. The summed E-state index contributed by atoms with van der Waals surface area (Å²) in [6.45, 7) is 1.98. The maximum absolute atomic E-state index is 12.1. The van der Waals surface area contributed by atoms with Crippen molar-refractivity contribution in [2.45, 2.75) is 13.3 Å². The van der Waals surface area contributed by atoms with Crippen LogP contribution in [0.25, 0.3) is 5.69 Å². The van der Waals surface area contributed by atoms with Crippen molar-refractivity contribution in [1.82, 2.24) is 25.2 Å². The topological polar surface area (TPSA) is 85.6 Å². The third kappa shape index (κ3) is 3.20. The fourth-order valence-corrected chi connectivity index (χ4v) is 2.78. The van der Waals surface area contributed by atoms with E-state index >= 15 is 0 Å². The Labute approximate surface area is 138 Å². The lowest BCUT2D eigenvalue weighted by Crippen LogP contribution is -2.12. The first kappa shape index (κ1) is 14.8. The summed E-state index contributed by atoms with van der Waals surface area (Å²) in [6.07, 6.45) is 2.35. The van der Waals surface area contributed by atoms with Gasteiger partial charge in [0.15, 0.2) is 5.69 Å². The molecular formula is C13H11BrN6OS. The molecule has 0 bridgehead atoms. The van der Waals surface area contributed by atoms with Crippen molar-refractivity contribution in [3.05, 3.63) is 45.6 Å². The van der Waals surface area contributed by atoms with Crippen molar-refractivity contribution in [3.63, 3.8) is 0 Å². The average molecular weight is 379 g/mol. The van der Waals surface area contributed by atoms with Crippen LogP contribution in [-0.4, -0.2) is 31.1 Å². The molecule has 0 atom stereocenters. The predicted octanol–water partition coefficient (Wildman–Crippen LogP) is 2.70. The van der Waals surface area contributed by atoms with Gasteiger partial charge >= 0.3 is 0 Å². The first-order valence-corrected chi connectivity index (χ1v) is 8.08. The highest BCUT2D eigenvalue weighted by molar-refractivity contribution is 9.10. The van der Waals surface area contributed by atoms with Gasteiger partial charge in [0.1, 0.15) is 5.01 Å². The Hall–Kier alpha value is -2.13. The fourth-order valence-electron chi connectivity index (χ4n) is 1.72. The molecule has 1 amide bonds. The number of carbonyl (C=O) groups is 1. The molecule has 22 heavy (non-hydrogen) atoms. The molecular weight excluding hydrogens is 368 g/mol. The first-order valence-electron chi connectivity index (χ1n) is 6.47. The van der Waals surface area contributed by atoms with Crippen LogP contribution in [-0.2, 0) is 6.42 Å². The molecule has 2 heterocycles. The van der Waals surface area contributed by atoms with Crippen LogP contribution in [0.15, 0.2) is 34.9 Å². The summed E-state index contributed by atoms with van der Waals surface area (Å²) in [5, 5.41) is 19.7. The van der Waals surface area contributed by atoms with E-state index in [9.17, 15) is 4.79 Å². The molecule has 0 spiro atoms. The minimum absolute atomic E-state index is 0.216. The number of rotatable bonds is 4. The molecule has 0 saturated heterocycles. The van der Waals surface area contributed by atoms with Gasteiger partial charge in [-0.15, -0.1) is 15.3 Å². The summed E-state index contributed by atoms with van der Waals surface area (Å²) in [6, 6.07) is 7.55. The van der Waals surface area contributed by atoms with Crippen molar-refractivity contribution in [2.24, 2.45) is 0 Å². The van der Waals surface area contributed by atoms with Crippen molar-refractivity contribution in [3.8, 4) is 5.69 Å². The molecule has 0 radical (unpaired) electrons. The van der Waals surface area contributed by atoms with Gasteiger partial charge in [0.25, 0.3) is 5.91 Å². The van der Waals surface area contributed by atoms with E-state index in [1.807, 2.05) is 31.2 Å². The Morgan fingerprint density at radius 3 is 2.95 bits per heavy atom. The van der Waals surface area contributed by atoms with Crippen LogP contribution in [0.5, 0.6) is 0 Å². The van der Waals surface area contributed by atoms with Crippen LogP contribution in [0.3, 0.4) is 0 Å². The molecule has 0 saturated carbocycles. The third-order valence-corrected chi connectivity index (χ3v) is 4.26. The van der Waals surface area contributed by atoms with Gasteiger partial charge in [0, 0.05) is 4.47 Å². The smallest absolute Gasteiger partial charge is 0.279 e. The number of anilines is 1. The van der Waals surface area contributed by atoms with Crippen molar-refractivity contribution >= 4 is 38.3 Å². The zero-order valence-corrected chi connectivity index (χ0v) is 13.9. The predicted molar refractivity (Wildman–Crippen MR) is 86.3 cm³/mol. The molecule has 2 aromatic heterocycles. The van der Waals surface area contributed by atoms with E-state index in [4.69, 9.17) is 0 Å². The Morgan fingerprint density at radius 1 is 1.36 bits per heavy atom. The van der Waals surface area contributed by atoms with Crippen LogP contribution >= 0.6 is 27.3 Å². The molecule has 1 aromatic carbocycles. The number of aromatic nitrogens is 5. The Morgan fingerprint density at radius 2 is 2.23 bits per heavy atom. The van der Waals surface area contributed by atoms with E-state index in [1.54, 1.807) is 6.20 Å². The largest absolute Gasteiger partial charge is 0.295 e. The molecule has 0 unspecified atom stereocenters. The number of hydrogen-bond donors (Lipinski definition) is 1. The van der Waals surface area contributed by atoms with Crippen molar-refractivity contribution in [2.75, 3.05) is 5.32 Å². The molecule has 9 heteroatoms. The van der Waals surface area contributed by atoms with Gasteiger partial charge in [-0.1, -0.05) is 45.5 Å². The molecule has 0 fully saturated rings. The van der Waals surface area contributed by atoms with Crippen molar-refractivity contribution in [1.29, 1.82) is 0 Å². The van der Waals surface area contributed by atoms with E-state index in [0.717, 1.165) is 21.6 Å². The molecule has 112 valence electrons. The maximum Gasteiger partial charge on any atom is 0.279 e. The van der Waals surface area contributed by atoms with Crippen LogP contribution in [0.1, 0.15) is 22.4 Å². The number of aryl methyl sites for hydroxylation is 1. The normalized spacial score (nSPS) is 10.6. The molecule has 0 aliphatic carbocycles. The number of nitrogens with zero attached hydrogens (tertiary/aromatic N) is 5. The summed E-state index contributed by atoms with van der Waals surface area (Å²) in [4.78, 5) is 12.1. The molecule has 3 rings (SSSR count). The zero-order valence-electron chi connectivity index (χ0n) is 11.5. The van der Waals surface area contributed by atoms with Crippen LogP contribution in [0.4, 0.5) is 5.13 Å². The highest BCUT2D eigenvalue weighted by Crippen LogP contribution is 2.17. The highest BCUT2D eigenvalue weighted by Gasteiger charge is 2.14. The van der Waals surface area contributed by atoms with Gasteiger partial charge in [-0.25, -0.2) is 4.68 Å². The van der Waals surface area contributed by atoms with E-state index in [2.05, 4.69) is 41.8 Å². The zero-order chi connectivity index (χ0) is 15.5. The lowest BCUT2D eigenvalue weighted by atomic mass is 10.3. The fraction of sp³-hybridized carbons (Fsp3) is 0.154. The molecule has 3 aromatic rings. The molecule has 7 nitrogen and oxygen atoms in total. The summed E-state index contributed by atoms with van der Waals surface area (Å²) in [7, 11) is 0. The van der Waals surface area contributed by atoms with E-state index in [0.29, 0.717) is 5.13 Å². The van der Waals surface area contributed by atoms with Crippen LogP contribution < -0.4 is 5.32 Å². The molecule has 0 aliphatic rings. The van der Waals surface area contributed by atoms with E-state index in [1.165, 1.54) is 16.0 Å². The third-order valence-electron chi connectivity index (χ3n) is 2.79. The second-order valence-corrected chi connectivity index (χ2v) is 6.31. The lowest BCUT2D eigenvalue weighted by Gasteiger charge is -1.99. The Kier molecular flexibility index (Phi) is 4.25. The summed E-state index contributed by atoms with van der Waals surface area (Å²) < 4.78 is 2.46. The highest BCUT2D eigenvalue weighted by atomic mass is 79.9. The lowest BCUT2D eigenvalue weighted by molar-refractivity contribution is 0.102. The maximum atomic E-state index is 12.1. The minimum atomic E-state index is -0.361. The second kappa shape index (κ2) is 6.32. The van der Waals surface area contributed by atoms with Gasteiger partial charge in [0.2, 0.25) is 5.13 Å². The van der Waals surface area contributed by atoms with E-state index < -0.39 is 0 Å². The number of hydrogen-bond acceptors (Lipinski definition) is 6. The molecule has 1 N–H and O–H groups in total. The number of nitrogens with one attached hydrogen (secondary N) is 1. The number of halogens is 1. The summed E-state index contributed by atoms with van der Waals surface area (Å²) >= 11 is 4.74. The van der Waals surface area contributed by atoms with Gasteiger partial charge in [-0.3, -0.25) is 10.1 Å². The monoisotopic (exact) mass is 378 g/mol. The summed E-state index contributed by atoms with van der Waals surface area (Å²) in [5.41, 5.74) is 1.03. The minimum Gasteiger partial charge on any atom is -0.295 e. The van der Waals surface area contributed by atoms with Gasteiger partial charge in [-0.05, 0) is 24.6 Å². The SMILES string of the molecule is CCc1nnc(NC(=O)c2cn(-c3cccc(Br)c3)nn2)s1. The van der Waals surface area contributed by atoms with Gasteiger partial charge in [-0.2, -0.15) is 0 Å². The summed E-state index contributed by atoms with van der Waals surface area (Å²) in [5.74, 6) is -0.361. The van der Waals surface area contributed by atoms with Gasteiger partial charge < -0.3 is 0 Å². The number of carbonyl (C=O) groups excluding carboxylic acids is 1. The van der Waals surface area contributed by atoms with Gasteiger partial charge in [0.05, 0.1) is 11.9 Å². The Balaban J connectivity index is 1.76. The van der Waals surface area contributed by atoms with Crippen LogP contribution in [0, 0.1) is 0 Å². The second-order valence-electron chi connectivity index (χ2n) is 4.34. The van der Waals surface area contributed by atoms with Crippen LogP contribution in [0.2, 0.25) is 0 Å². The quantitative estimate of drug-likeness (QED) is 0.753. The molecule has 0 aliphatic heterocycles. The first-order chi connectivity index (χ1) is 10.7. The number of amides is 1. The van der Waals surface area contributed by atoms with Crippen molar-refractivity contribution < 1.29 is 4.79 Å². The van der Waals surface area contributed by atoms with E-state index in [-0.39, 0.29) is 11.6 Å². The number of benzene rings is 1. The Bertz CT molecular complexity index is 814.